The minimum atomic E-state index is -3.63. The van der Waals surface area contributed by atoms with Gasteiger partial charge in [-0.2, -0.15) is 0 Å². The van der Waals surface area contributed by atoms with Crippen LogP contribution in [0.2, 0.25) is 0 Å². The molecule has 0 amide bonds. The molecule has 0 saturated carbocycles. The first-order valence-electron chi connectivity index (χ1n) is 6.03. The molecular formula is C13H15N3O3S. The topological polar surface area (TPSA) is 81.2 Å². The van der Waals surface area contributed by atoms with Gasteiger partial charge >= 0.3 is 6.01 Å². The second kappa shape index (κ2) is 5.87. The van der Waals surface area contributed by atoms with Crippen LogP contribution in [0.4, 0.5) is 5.69 Å². The van der Waals surface area contributed by atoms with E-state index in [0.29, 0.717) is 0 Å². The van der Waals surface area contributed by atoms with E-state index in [4.69, 9.17) is 4.74 Å². The number of rotatable bonds is 5. The maximum Gasteiger partial charge on any atom is 0.316 e. The summed E-state index contributed by atoms with van der Waals surface area (Å²) in [5, 5.41) is 0. The van der Waals surface area contributed by atoms with Crippen molar-refractivity contribution in [3.63, 3.8) is 0 Å². The minimum Gasteiger partial charge on any atom is -0.467 e. The average Bonchev–Trinajstić information content (AvgIpc) is 2.48. The second-order valence-corrected chi connectivity index (χ2v) is 5.74. The lowest BCUT2D eigenvalue weighted by Crippen LogP contribution is -2.13. The molecule has 0 spiro atoms. The van der Waals surface area contributed by atoms with E-state index in [1.165, 1.54) is 19.5 Å². The van der Waals surface area contributed by atoms with Crippen molar-refractivity contribution < 1.29 is 13.2 Å². The van der Waals surface area contributed by atoms with E-state index in [-0.39, 0.29) is 16.6 Å². The normalized spacial score (nSPS) is 11.1. The quantitative estimate of drug-likeness (QED) is 0.909. The van der Waals surface area contributed by atoms with Gasteiger partial charge in [-0.3, -0.25) is 4.72 Å². The van der Waals surface area contributed by atoms with Crippen LogP contribution in [0.5, 0.6) is 6.01 Å². The summed E-state index contributed by atoms with van der Waals surface area (Å²) in [6.45, 7) is 2.01. The Bertz CT molecular complexity index is 667. The van der Waals surface area contributed by atoms with Crippen molar-refractivity contribution in [2.75, 3.05) is 11.8 Å². The molecule has 0 saturated heterocycles. The van der Waals surface area contributed by atoms with Gasteiger partial charge in [-0.15, -0.1) is 0 Å². The monoisotopic (exact) mass is 293 g/mol. The van der Waals surface area contributed by atoms with Gasteiger partial charge in [0.05, 0.1) is 30.1 Å². The SMILES string of the molecule is CCc1ccc(S(=O)(=O)Nc2cnc(OC)nc2)cc1. The Morgan fingerprint density at radius 3 is 2.25 bits per heavy atom. The number of nitrogens with one attached hydrogen (secondary N) is 1. The van der Waals surface area contributed by atoms with E-state index in [9.17, 15) is 8.42 Å². The van der Waals surface area contributed by atoms with Crippen molar-refractivity contribution in [2.24, 2.45) is 0 Å². The number of hydrogen-bond donors (Lipinski definition) is 1. The molecule has 1 N–H and O–H groups in total. The summed E-state index contributed by atoms with van der Waals surface area (Å²) in [4.78, 5) is 7.88. The van der Waals surface area contributed by atoms with Crippen molar-refractivity contribution in [1.29, 1.82) is 0 Å². The lowest BCUT2D eigenvalue weighted by molar-refractivity contribution is 0.380. The van der Waals surface area contributed by atoms with E-state index in [2.05, 4.69) is 14.7 Å². The standard InChI is InChI=1S/C13H15N3O3S/c1-3-10-4-6-12(7-5-10)20(17,18)16-11-8-14-13(19-2)15-9-11/h4-9,16H,3H2,1-2H3. The number of methoxy groups -OCH3 is 1. The van der Waals surface area contributed by atoms with Crippen LogP contribution in [-0.4, -0.2) is 25.5 Å². The van der Waals surface area contributed by atoms with Gasteiger partial charge in [0.25, 0.3) is 10.0 Å². The predicted octanol–water partition coefficient (Wildman–Crippen LogP) is 1.85. The maximum atomic E-state index is 12.2. The zero-order valence-electron chi connectivity index (χ0n) is 11.2. The van der Waals surface area contributed by atoms with Gasteiger partial charge in [-0.05, 0) is 24.1 Å². The number of benzene rings is 1. The van der Waals surface area contributed by atoms with Crippen molar-refractivity contribution in [3.05, 3.63) is 42.2 Å². The molecule has 0 aliphatic rings. The largest absolute Gasteiger partial charge is 0.467 e. The Morgan fingerprint density at radius 1 is 1.15 bits per heavy atom. The first kappa shape index (κ1) is 14.3. The van der Waals surface area contributed by atoms with E-state index < -0.39 is 10.0 Å². The minimum absolute atomic E-state index is 0.181. The third kappa shape index (κ3) is 3.24. The molecule has 0 unspecified atom stereocenters. The van der Waals surface area contributed by atoms with Crippen molar-refractivity contribution in [1.82, 2.24) is 9.97 Å². The van der Waals surface area contributed by atoms with Crippen LogP contribution in [0.15, 0.2) is 41.6 Å². The summed E-state index contributed by atoms with van der Waals surface area (Å²) in [7, 11) is -2.19. The summed E-state index contributed by atoms with van der Waals surface area (Å²) in [6, 6.07) is 6.91. The van der Waals surface area contributed by atoms with E-state index in [1.807, 2.05) is 6.92 Å². The molecule has 2 aromatic rings. The number of aromatic nitrogens is 2. The van der Waals surface area contributed by atoms with Gasteiger partial charge in [0.2, 0.25) is 0 Å². The summed E-state index contributed by atoms with van der Waals surface area (Å²) < 4.78 is 31.5. The summed E-state index contributed by atoms with van der Waals surface area (Å²) >= 11 is 0. The zero-order chi connectivity index (χ0) is 14.6. The van der Waals surface area contributed by atoms with E-state index in [0.717, 1.165) is 12.0 Å². The summed E-state index contributed by atoms with van der Waals surface area (Å²) in [5.74, 6) is 0. The van der Waals surface area contributed by atoms with Gasteiger partial charge < -0.3 is 4.74 Å². The van der Waals surface area contributed by atoms with Gasteiger partial charge in [-0.25, -0.2) is 18.4 Å². The highest BCUT2D eigenvalue weighted by atomic mass is 32.2. The third-order valence-corrected chi connectivity index (χ3v) is 4.10. The summed E-state index contributed by atoms with van der Waals surface area (Å²) in [5.41, 5.74) is 1.36. The molecular weight excluding hydrogens is 278 g/mol. The number of aryl methyl sites for hydroxylation is 1. The zero-order valence-corrected chi connectivity index (χ0v) is 12.0. The first-order valence-corrected chi connectivity index (χ1v) is 7.51. The highest BCUT2D eigenvalue weighted by Crippen LogP contribution is 2.16. The second-order valence-electron chi connectivity index (χ2n) is 4.06. The van der Waals surface area contributed by atoms with Crippen molar-refractivity contribution >= 4 is 15.7 Å². The molecule has 0 atom stereocenters. The molecule has 20 heavy (non-hydrogen) atoms. The van der Waals surface area contributed by atoms with Gasteiger partial charge in [-0.1, -0.05) is 19.1 Å². The van der Waals surface area contributed by atoms with Crippen LogP contribution in [0.1, 0.15) is 12.5 Å². The fourth-order valence-electron chi connectivity index (χ4n) is 1.59. The van der Waals surface area contributed by atoms with Crippen molar-refractivity contribution in [2.45, 2.75) is 18.2 Å². The Balaban J connectivity index is 2.20. The van der Waals surface area contributed by atoms with Crippen LogP contribution in [0.25, 0.3) is 0 Å². The summed E-state index contributed by atoms with van der Waals surface area (Å²) in [6.07, 6.45) is 3.56. The maximum absolute atomic E-state index is 12.2. The first-order chi connectivity index (χ1) is 9.55. The van der Waals surface area contributed by atoms with Crippen LogP contribution >= 0.6 is 0 Å². The molecule has 0 bridgehead atoms. The van der Waals surface area contributed by atoms with Gasteiger partial charge in [0, 0.05) is 0 Å². The van der Waals surface area contributed by atoms with E-state index in [1.54, 1.807) is 24.3 Å². The lowest BCUT2D eigenvalue weighted by Gasteiger charge is -2.08. The van der Waals surface area contributed by atoms with Crippen LogP contribution in [-0.2, 0) is 16.4 Å². The molecule has 1 aromatic heterocycles. The fraction of sp³-hybridized carbons (Fsp3) is 0.231. The van der Waals surface area contributed by atoms with E-state index >= 15 is 0 Å². The molecule has 1 aromatic carbocycles. The predicted molar refractivity (Wildman–Crippen MR) is 75.2 cm³/mol. The number of hydrogen-bond acceptors (Lipinski definition) is 5. The number of sulfonamides is 1. The molecule has 0 aliphatic carbocycles. The van der Waals surface area contributed by atoms with Crippen molar-refractivity contribution in [3.8, 4) is 6.01 Å². The Hall–Kier alpha value is -2.15. The molecule has 106 valence electrons. The molecule has 1 heterocycles. The molecule has 7 heteroatoms. The van der Waals surface area contributed by atoms with Gasteiger partial charge in [0.15, 0.2) is 0 Å². The highest BCUT2D eigenvalue weighted by Gasteiger charge is 2.14. The smallest absolute Gasteiger partial charge is 0.316 e. The lowest BCUT2D eigenvalue weighted by atomic mass is 10.2. The number of ether oxygens (including phenoxy) is 1. The number of nitrogens with zero attached hydrogens (tertiary/aromatic N) is 2. The molecule has 2 rings (SSSR count). The van der Waals surface area contributed by atoms with Crippen LogP contribution < -0.4 is 9.46 Å². The molecule has 0 fully saturated rings. The Kier molecular flexibility index (Phi) is 4.19. The van der Waals surface area contributed by atoms with Crippen LogP contribution in [0, 0.1) is 0 Å². The number of anilines is 1. The Morgan fingerprint density at radius 2 is 1.75 bits per heavy atom. The highest BCUT2D eigenvalue weighted by molar-refractivity contribution is 7.92. The van der Waals surface area contributed by atoms with Gasteiger partial charge in [0.1, 0.15) is 0 Å². The Labute approximate surface area is 117 Å². The molecule has 0 aliphatic heterocycles. The average molecular weight is 293 g/mol. The van der Waals surface area contributed by atoms with Crippen LogP contribution in [0.3, 0.4) is 0 Å². The third-order valence-electron chi connectivity index (χ3n) is 2.70. The fourth-order valence-corrected chi connectivity index (χ4v) is 2.62. The molecule has 0 radical (unpaired) electrons. The molecule has 6 nitrogen and oxygen atoms in total.